The number of benzene rings is 3. The zero-order chi connectivity index (χ0) is 25.2. The maximum atomic E-state index is 14.2. The van der Waals surface area contributed by atoms with E-state index in [1.165, 1.54) is 69.4 Å². The van der Waals surface area contributed by atoms with Crippen LogP contribution < -0.4 is 4.74 Å². The molecule has 1 aliphatic rings. The number of rotatable bonds is 15. The summed E-state index contributed by atoms with van der Waals surface area (Å²) in [4.78, 5) is 0. The molecule has 1 unspecified atom stereocenters. The van der Waals surface area contributed by atoms with Gasteiger partial charge >= 0.3 is 0 Å². The third-order valence-electron chi connectivity index (χ3n) is 7.18. The van der Waals surface area contributed by atoms with Crippen molar-refractivity contribution in [1.82, 2.24) is 0 Å². The molecule has 192 valence electrons. The predicted molar refractivity (Wildman–Crippen MR) is 151 cm³/mol. The molecule has 0 amide bonds. The van der Waals surface area contributed by atoms with Crippen LogP contribution in [0.3, 0.4) is 0 Å². The van der Waals surface area contributed by atoms with E-state index in [1.807, 2.05) is 12.1 Å². The molecule has 0 spiro atoms. The minimum Gasteiger partial charge on any atom is -0.494 e. The first-order valence-electron chi connectivity index (χ1n) is 13.5. The molecule has 0 radical (unpaired) electrons. The van der Waals surface area contributed by atoms with Gasteiger partial charge in [-0.3, -0.25) is 0 Å². The third-order valence-corrected chi connectivity index (χ3v) is 8.50. The zero-order valence-corrected chi connectivity index (χ0v) is 23.0. The second-order valence-corrected chi connectivity index (χ2v) is 11.0. The van der Waals surface area contributed by atoms with E-state index in [0.717, 1.165) is 47.6 Å². The molecule has 2 nitrogen and oxygen atoms in total. The van der Waals surface area contributed by atoms with Gasteiger partial charge in [0.1, 0.15) is 15.9 Å². The Morgan fingerprint density at radius 2 is 1.31 bits per heavy atom. The molecule has 0 fully saturated rings. The largest absolute Gasteiger partial charge is 0.494 e. The molecule has 0 aromatic heterocycles. The summed E-state index contributed by atoms with van der Waals surface area (Å²) in [5.74, 6) is 0.641. The average molecular weight is 554 g/mol. The normalized spacial score (nSPS) is 16.1. The molecule has 0 saturated carbocycles. The number of ether oxygens (including phenoxy) is 2. The number of methoxy groups -OCH3 is 1. The van der Waals surface area contributed by atoms with E-state index in [9.17, 15) is 4.39 Å². The molecular formula is C32H38BrFO2. The zero-order valence-electron chi connectivity index (χ0n) is 21.4. The first-order valence-corrected chi connectivity index (χ1v) is 14.2. The number of hydrogen-bond donors (Lipinski definition) is 0. The molecule has 1 aliphatic carbocycles. The van der Waals surface area contributed by atoms with Crippen LogP contribution in [0, 0.1) is 5.82 Å². The number of unbranched alkanes of at least 4 members (excludes halogenated alkanes) is 9. The van der Waals surface area contributed by atoms with Gasteiger partial charge in [0.2, 0.25) is 0 Å². The summed E-state index contributed by atoms with van der Waals surface area (Å²) in [5, 5.41) is 0. The van der Waals surface area contributed by atoms with Crippen LogP contribution in [0.5, 0.6) is 5.75 Å². The van der Waals surface area contributed by atoms with Crippen LogP contribution >= 0.6 is 15.9 Å². The molecule has 1 atom stereocenters. The van der Waals surface area contributed by atoms with Crippen LogP contribution in [0.2, 0.25) is 0 Å². The van der Waals surface area contributed by atoms with Gasteiger partial charge in [-0.25, -0.2) is 4.39 Å². The standard InChI is InChI=1S/C32H38BrFO2/c1-35-21-12-8-6-4-2-3-5-7-9-13-22-36-27-19-20-29-28-17-10-11-18-30(28)32(33,31(29)24-27)25-15-14-16-26(34)23-25/h10-11,14-20,23-24H,2-9,12-13,21-22H2,1H3. The minimum absolute atomic E-state index is 0.230. The Balaban J connectivity index is 1.28. The Bertz CT molecular complexity index is 1110. The van der Waals surface area contributed by atoms with E-state index in [4.69, 9.17) is 9.47 Å². The summed E-state index contributed by atoms with van der Waals surface area (Å²) in [7, 11) is 1.78. The van der Waals surface area contributed by atoms with E-state index >= 15 is 0 Å². The van der Waals surface area contributed by atoms with Crippen LogP contribution in [-0.2, 0) is 9.06 Å². The van der Waals surface area contributed by atoms with Gasteiger partial charge in [-0.15, -0.1) is 0 Å². The van der Waals surface area contributed by atoms with E-state index < -0.39 is 4.32 Å². The van der Waals surface area contributed by atoms with Crippen molar-refractivity contribution in [3.63, 3.8) is 0 Å². The van der Waals surface area contributed by atoms with E-state index in [-0.39, 0.29) is 5.82 Å². The van der Waals surface area contributed by atoms with Crippen molar-refractivity contribution in [2.45, 2.75) is 68.5 Å². The molecule has 0 bridgehead atoms. The van der Waals surface area contributed by atoms with Gasteiger partial charge in [0.05, 0.1) is 6.61 Å². The number of halogens is 2. The van der Waals surface area contributed by atoms with Crippen molar-refractivity contribution in [2.24, 2.45) is 0 Å². The average Bonchev–Trinajstić information content (AvgIpc) is 3.16. The molecule has 0 N–H and O–H groups in total. The Hall–Kier alpha value is -2.17. The van der Waals surface area contributed by atoms with Crippen molar-refractivity contribution in [3.8, 4) is 16.9 Å². The molecule has 3 aromatic rings. The van der Waals surface area contributed by atoms with Gasteiger partial charge in [-0.05, 0) is 64.9 Å². The summed E-state index contributed by atoms with van der Waals surface area (Å²) in [6.45, 7) is 1.62. The summed E-state index contributed by atoms with van der Waals surface area (Å²) >= 11 is 4.04. The minimum atomic E-state index is -0.593. The van der Waals surface area contributed by atoms with Gasteiger partial charge < -0.3 is 9.47 Å². The van der Waals surface area contributed by atoms with Crippen molar-refractivity contribution in [1.29, 1.82) is 0 Å². The van der Waals surface area contributed by atoms with Crippen LogP contribution in [0.1, 0.15) is 80.9 Å². The fourth-order valence-corrected chi connectivity index (χ4v) is 6.18. The lowest BCUT2D eigenvalue weighted by Crippen LogP contribution is -2.18. The Morgan fingerprint density at radius 3 is 2.00 bits per heavy atom. The van der Waals surface area contributed by atoms with E-state index in [1.54, 1.807) is 19.2 Å². The van der Waals surface area contributed by atoms with Crippen molar-refractivity contribution < 1.29 is 13.9 Å². The second-order valence-electron chi connectivity index (χ2n) is 9.80. The van der Waals surface area contributed by atoms with E-state index in [0.29, 0.717) is 0 Å². The highest BCUT2D eigenvalue weighted by Gasteiger charge is 2.43. The van der Waals surface area contributed by atoms with Gasteiger partial charge in [0.25, 0.3) is 0 Å². The second kappa shape index (κ2) is 13.4. The molecule has 4 rings (SSSR count). The van der Waals surface area contributed by atoms with Crippen LogP contribution in [0.4, 0.5) is 4.39 Å². The molecule has 4 heteroatoms. The monoisotopic (exact) mass is 552 g/mol. The SMILES string of the molecule is COCCCCCCCCCCCCOc1ccc2c(c1)C(Br)(c1cccc(F)c1)c1ccccc1-2. The van der Waals surface area contributed by atoms with E-state index in [2.05, 4.69) is 52.3 Å². The fourth-order valence-electron chi connectivity index (χ4n) is 5.26. The third kappa shape index (κ3) is 6.39. The molecular weight excluding hydrogens is 515 g/mol. The number of hydrogen-bond acceptors (Lipinski definition) is 2. The van der Waals surface area contributed by atoms with Crippen molar-refractivity contribution >= 4 is 15.9 Å². The summed E-state index contributed by atoms with van der Waals surface area (Å²) in [6.07, 6.45) is 12.7. The van der Waals surface area contributed by atoms with Gasteiger partial charge in [0, 0.05) is 13.7 Å². The van der Waals surface area contributed by atoms with Gasteiger partial charge in [-0.2, -0.15) is 0 Å². The van der Waals surface area contributed by atoms with Gasteiger partial charge in [0.15, 0.2) is 0 Å². The molecule has 0 heterocycles. The maximum Gasteiger partial charge on any atom is 0.123 e. The van der Waals surface area contributed by atoms with Crippen molar-refractivity contribution in [3.05, 3.63) is 89.2 Å². The summed E-state index contributed by atoms with van der Waals surface area (Å²) < 4.78 is 24.9. The lowest BCUT2D eigenvalue weighted by molar-refractivity contribution is 0.192. The molecule has 0 saturated heterocycles. The van der Waals surface area contributed by atoms with Crippen LogP contribution in [0.15, 0.2) is 66.7 Å². The van der Waals surface area contributed by atoms with Crippen molar-refractivity contribution in [2.75, 3.05) is 20.3 Å². The lowest BCUT2D eigenvalue weighted by atomic mass is 9.89. The highest BCUT2D eigenvalue weighted by atomic mass is 79.9. The van der Waals surface area contributed by atoms with Crippen LogP contribution in [0.25, 0.3) is 11.1 Å². The molecule has 36 heavy (non-hydrogen) atoms. The maximum absolute atomic E-state index is 14.2. The summed E-state index contributed by atoms with van der Waals surface area (Å²) in [6, 6.07) is 21.6. The predicted octanol–water partition coefficient (Wildman–Crippen LogP) is 9.42. The summed E-state index contributed by atoms with van der Waals surface area (Å²) in [5.41, 5.74) is 5.47. The smallest absolute Gasteiger partial charge is 0.123 e. The van der Waals surface area contributed by atoms with Gasteiger partial charge in [-0.1, -0.05) is 110 Å². The lowest BCUT2D eigenvalue weighted by Gasteiger charge is -2.26. The van der Waals surface area contributed by atoms with Crippen LogP contribution in [-0.4, -0.2) is 20.3 Å². The Labute approximate surface area is 224 Å². The Kier molecular flexibility index (Phi) is 10.0. The highest BCUT2D eigenvalue weighted by molar-refractivity contribution is 9.10. The first kappa shape index (κ1) is 26.9. The molecule has 3 aromatic carbocycles. The highest BCUT2D eigenvalue weighted by Crippen LogP contribution is 2.56. The fraction of sp³-hybridized carbons (Fsp3) is 0.438. The number of alkyl halides is 1. The Morgan fingerprint density at radius 1 is 0.667 bits per heavy atom. The molecule has 0 aliphatic heterocycles. The topological polar surface area (TPSA) is 18.5 Å². The number of fused-ring (bicyclic) bond motifs is 3. The quantitative estimate of drug-likeness (QED) is 0.138. The first-order chi connectivity index (χ1) is 17.6.